The highest BCUT2D eigenvalue weighted by Gasteiger charge is 2.57. The zero-order valence-corrected chi connectivity index (χ0v) is 38.8. The third-order valence-corrected chi connectivity index (χ3v) is 13.2. The molecule has 0 spiro atoms. The standard InChI is InChI=1S/C40H68N2O30/c1-9-19(48)25(54)28(57)37(64-9)63-8-16-33(23(52)17(35(61)65-16)41-10(2)46)70-36-18(42-11(3)47)24(53)32(14(6-45)68-36)71-40-31(60)34(72-39-30(59)27(56)21(50)13(5-44)67-39)22(51)15(69-40)7-62-38-29(58)26(55)20(49)12(4-43)66-38/h9,12-40,43-45,48-61H,4-8H2,1-3H3,(H,41,46)(H,42,47)/t9-,12?,13-,14?,15?,16?,17?,18?,19+,20+,21+,22+,23+,24+,25?,26-,27?,28?,29?,30?,31?,32+,33+,34-,35+,36-,37+,38-,39+,40-/m0/s1. The number of nitrogens with one attached hydrogen (secondary N) is 2. The SMILES string of the molecule is CC(=O)NC1[C@H](O[C@@H]2C(CO[C@@H]3O[C@@H](C)[C@@H](O)C(O)C3O)O[C@@H](O)C(NC(C)=O)[C@H]2O)OC(CO)[C@@H](O[C@@H]2OC(CO[C@H]3OC(CO)[C@@H](O)[C@H](O)C3O)[C@@H](O)[C@H](O[C@H]3O[C@@H](CO)[C@@H](O)C(O)C3O)C2O)[C@@H]1O. The molecule has 19 N–H and O–H groups in total. The van der Waals surface area contributed by atoms with Gasteiger partial charge in [-0.05, 0) is 6.92 Å². The van der Waals surface area contributed by atoms with Crippen molar-refractivity contribution in [2.24, 2.45) is 0 Å². The van der Waals surface area contributed by atoms with E-state index in [1.807, 2.05) is 0 Å². The molecule has 72 heavy (non-hydrogen) atoms. The minimum absolute atomic E-state index is 0.728. The number of hydrogen-bond acceptors (Lipinski definition) is 30. The number of rotatable bonds is 17. The highest BCUT2D eigenvalue weighted by atomic mass is 16.8. The Kier molecular flexibility index (Phi) is 20.8. The summed E-state index contributed by atoms with van der Waals surface area (Å²) >= 11 is 0. The van der Waals surface area contributed by atoms with Crippen molar-refractivity contribution in [1.82, 2.24) is 10.6 Å². The van der Waals surface area contributed by atoms with Crippen LogP contribution in [-0.2, 0) is 61.7 Å². The van der Waals surface area contributed by atoms with E-state index in [0.29, 0.717) is 0 Å². The predicted octanol–water partition coefficient (Wildman–Crippen LogP) is -12.8. The van der Waals surface area contributed by atoms with E-state index in [9.17, 15) is 96.4 Å². The maximum Gasteiger partial charge on any atom is 0.217 e. The van der Waals surface area contributed by atoms with Crippen LogP contribution >= 0.6 is 0 Å². The Morgan fingerprint density at radius 1 is 0.389 bits per heavy atom. The van der Waals surface area contributed by atoms with Crippen LogP contribution in [0.5, 0.6) is 0 Å². The summed E-state index contributed by atoms with van der Waals surface area (Å²) in [4.78, 5) is 24.8. The fourth-order valence-electron chi connectivity index (χ4n) is 9.06. The summed E-state index contributed by atoms with van der Waals surface area (Å²) in [6.45, 7) is -1.00. The molecule has 0 aliphatic carbocycles. The Morgan fingerprint density at radius 2 is 0.792 bits per heavy atom. The van der Waals surface area contributed by atoms with Crippen molar-refractivity contribution in [2.45, 2.75) is 205 Å². The fourth-order valence-corrected chi connectivity index (χ4v) is 9.06. The molecule has 30 atom stereocenters. The normalized spacial score (nSPS) is 50.3. The lowest BCUT2D eigenvalue weighted by Crippen LogP contribution is -2.70. The Morgan fingerprint density at radius 3 is 1.35 bits per heavy atom. The van der Waals surface area contributed by atoms with Crippen LogP contribution in [0.1, 0.15) is 20.8 Å². The number of aliphatic hydroxyl groups is 17. The second-order valence-corrected chi connectivity index (χ2v) is 18.3. The molecule has 6 heterocycles. The Balaban J connectivity index is 1.26. The van der Waals surface area contributed by atoms with Gasteiger partial charge in [-0.15, -0.1) is 0 Å². The van der Waals surface area contributed by atoms with Crippen molar-refractivity contribution in [3.63, 3.8) is 0 Å². The van der Waals surface area contributed by atoms with Crippen LogP contribution in [0.15, 0.2) is 0 Å². The molecule has 0 aromatic carbocycles. The molecule has 2 amide bonds. The molecule has 0 saturated carbocycles. The molecule has 0 radical (unpaired) electrons. The van der Waals surface area contributed by atoms with Crippen LogP contribution in [0.2, 0.25) is 0 Å². The molecular weight excluding hydrogens is 988 g/mol. The van der Waals surface area contributed by atoms with Gasteiger partial charge in [0.25, 0.3) is 0 Å². The van der Waals surface area contributed by atoms with Crippen molar-refractivity contribution in [3.8, 4) is 0 Å². The van der Waals surface area contributed by atoms with Crippen LogP contribution in [0.25, 0.3) is 0 Å². The van der Waals surface area contributed by atoms with Crippen molar-refractivity contribution in [2.75, 3.05) is 33.0 Å². The summed E-state index contributed by atoms with van der Waals surface area (Å²) < 4.78 is 62.8. The average Bonchev–Trinajstić information content (AvgIpc) is 3.34. The van der Waals surface area contributed by atoms with E-state index < -0.39 is 229 Å². The van der Waals surface area contributed by atoms with Crippen LogP contribution in [0.3, 0.4) is 0 Å². The van der Waals surface area contributed by atoms with Gasteiger partial charge in [-0.1, -0.05) is 0 Å². The zero-order valence-electron chi connectivity index (χ0n) is 38.8. The first kappa shape index (κ1) is 59.1. The average molecular weight is 1060 g/mol. The number of carbonyl (C=O) groups is 2. The van der Waals surface area contributed by atoms with Gasteiger partial charge in [0, 0.05) is 13.8 Å². The Bertz CT molecular complexity index is 1730. The molecule has 0 bridgehead atoms. The number of aliphatic hydroxyl groups excluding tert-OH is 17. The maximum absolute atomic E-state index is 12.7. The van der Waals surface area contributed by atoms with Crippen LogP contribution < -0.4 is 10.6 Å². The number of carbonyl (C=O) groups excluding carboxylic acids is 2. The molecule has 6 fully saturated rings. The lowest BCUT2D eigenvalue weighted by Gasteiger charge is -2.50. The van der Waals surface area contributed by atoms with E-state index in [-0.39, 0.29) is 0 Å². The lowest BCUT2D eigenvalue weighted by molar-refractivity contribution is -0.384. The van der Waals surface area contributed by atoms with Crippen molar-refractivity contribution in [1.29, 1.82) is 0 Å². The molecule has 6 aliphatic rings. The summed E-state index contributed by atoms with van der Waals surface area (Å²) in [5.41, 5.74) is 0. The first-order chi connectivity index (χ1) is 33.9. The van der Waals surface area contributed by atoms with Gasteiger partial charge in [0.2, 0.25) is 11.8 Å². The quantitative estimate of drug-likeness (QED) is 0.0643. The van der Waals surface area contributed by atoms with Gasteiger partial charge in [-0.3, -0.25) is 9.59 Å². The minimum atomic E-state index is -2.23. The first-order valence-electron chi connectivity index (χ1n) is 23.0. The highest BCUT2D eigenvalue weighted by molar-refractivity contribution is 5.73. The second-order valence-electron chi connectivity index (χ2n) is 18.3. The smallest absolute Gasteiger partial charge is 0.217 e. The van der Waals surface area contributed by atoms with Gasteiger partial charge in [0.1, 0.15) is 140 Å². The minimum Gasteiger partial charge on any atom is -0.394 e. The van der Waals surface area contributed by atoms with E-state index in [2.05, 4.69) is 10.6 Å². The van der Waals surface area contributed by atoms with Gasteiger partial charge in [-0.2, -0.15) is 0 Å². The Hall–Kier alpha value is -2.18. The third-order valence-electron chi connectivity index (χ3n) is 13.2. The first-order valence-corrected chi connectivity index (χ1v) is 23.0. The number of amides is 2. The summed E-state index contributed by atoms with van der Waals surface area (Å²) in [5.74, 6) is -1.60. The van der Waals surface area contributed by atoms with E-state index in [0.717, 1.165) is 13.8 Å². The molecule has 32 nitrogen and oxygen atoms in total. The van der Waals surface area contributed by atoms with E-state index in [4.69, 9.17) is 52.1 Å². The molecule has 6 aliphatic heterocycles. The van der Waals surface area contributed by atoms with Crippen molar-refractivity contribution in [3.05, 3.63) is 0 Å². The van der Waals surface area contributed by atoms with E-state index in [1.54, 1.807) is 0 Å². The van der Waals surface area contributed by atoms with Gasteiger partial charge in [0.15, 0.2) is 37.7 Å². The molecular formula is C40H68N2O30. The van der Waals surface area contributed by atoms with Crippen LogP contribution in [-0.4, -0.2) is 316 Å². The maximum atomic E-state index is 12.7. The van der Waals surface area contributed by atoms with E-state index in [1.165, 1.54) is 6.92 Å². The predicted molar refractivity (Wildman–Crippen MR) is 221 cm³/mol. The Labute approximate surface area is 408 Å². The topological polar surface area (TPSA) is 504 Å². The summed E-state index contributed by atoms with van der Waals surface area (Å²) in [7, 11) is 0. The third kappa shape index (κ3) is 12.8. The number of hydrogen-bond donors (Lipinski definition) is 19. The van der Waals surface area contributed by atoms with Gasteiger partial charge in [-0.25, -0.2) is 0 Å². The highest BCUT2D eigenvalue weighted by Crippen LogP contribution is 2.36. The molecule has 12 unspecified atom stereocenters. The van der Waals surface area contributed by atoms with Crippen LogP contribution in [0.4, 0.5) is 0 Å². The molecule has 0 aromatic rings. The number of ether oxygens (including phenoxy) is 11. The molecule has 0 aromatic heterocycles. The van der Waals surface area contributed by atoms with Crippen molar-refractivity contribution >= 4 is 11.8 Å². The largest absolute Gasteiger partial charge is 0.394 e. The van der Waals surface area contributed by atoms with E-state index >= 15 is 0 Å². The molecule has 32 heteroatoms. The molecule has 6 rings (SSSR count). The van der Waals surface area contributed by atoms with Gasteiger partial charge < -0.3 is 150 Å². The molecule has 418 valence electrons. The fraction of sp³-hybridized carbons (Fsp3) is 0.950. The summed E-state index contributed by atoms with van der Waals surface area (Å²) in [5, 5.41) is 186. The van der Waals surface area contributed by atoms with Gasteiger partial charge in [0.05, 0.1) is 39.1 Å². The van der Waals surface area contributed by atoms with Gasteiger partial charge >= 0.3 is 0 Å². The van der Waals surface area contributed by atoms with Crippen LogP contribution in [0, 0.1) is 0 Å². The van der Waals surface area contributed by atoms with Crippen molar-refractivity contribution < 1.29 is 149 Å². The monoisotopic (exact) mass is 1060 g/mol. The molecule has 6 saturated heterocycles. The summed E-state index contributed by atoms with van der Waals surface area (Å²) in [6.07, 6.45) is -51.4. The summed E-state index contributed by atoms with van der Waals surface area (Å²) in [6, 6.07) is -3.40. The lowest BCUT2D eigenvalue weighted by atomic mass is 9.94. The zero-order chi connectivity index (χ0) is 53.2. The second kappa shape index (κ2) is 25.3.